The lowest BCUT2D eigenvalue weighted by Crippen LogP contribution is -2.29. The first-order valence-corrected chi connectivity index (χ1v) is 5.70. The fraction of sp³-hybridized carbons (Fsp3) is 0.357. The number of carbonyl (C=O) groups is 1. The number of ether oxygens (including phenoxy) is 2. The minimum Gasteiger partial charge on any atom is -0.496 e. The van der Waals surface area contributed by atoms with Crippen molar-refractivity contribution in [2.45, 2.75) is 13.0 Å². The summed E-state index contributed by atoms with van der Waals surface area (Å²) in [7, 11) is 3.00. The van der Waals surface area contributed by atoms with Gasteiger partial charge in [0.2, 0.25) is 0 Å². The largest absolute Gasteiger partial charge is 0.496 e. The standard InChI is InChI=1S/C14H19NO3/c1-5-8-15-13(14(16)18-4)11-6-7-12(17-3)10(2)9-11/h5-7,9,13,15H,1,8H2,2-4H3. The Labute approximate surface area is 108 Å². The summed E-state index contributed by atoms with van der Waals surface area (Å²) >= 11 is 0. The molecular weight excluding hydrogens is 230 g/mol. The Bertz CT molecular complexity index is 429. The lowest BCUT2D eigenvalue weighted by molar-refractivity contribution is -0.143. The van der Waals surface area contributed by atoms with E-state index in [1.807, 2.05) is 25.1 Å². The van der Waals surface area contributed by atoms with Gasteiger partial charge in [-0.25, -0.2) is 4.79 Å². The Morgan fingerprint density at radius 2 is 2.22 bits per heavy atom. The summed E-state index contributed by atoms with van der Waals surface area (Å²) in [4.78, 5) is 11.7. The Hall–Kier alpha value is -1.81. The van der Waals surface area contributed by atoms with Gasteiger partial charge in [0.05, 0.1) is 14.2 Å². The molecule has 0 saturated carbocycles. The Morgan fingerprint density at radius 3 is 2.72 bits per heavy atom. The van der Waals surface area contributed by atoms with Crippen molar-refractivity contribution in [2.75, 3.05) is 20.8 Å². The van der Waals surface area contributed by atoms with Crippen molar-refractivity contribution in [1.29, 1.82) is 0 Å². The second-order valence-electron chi connectivity index (χ2n) is 3.88. The van der Waals surface area contributed by atoms with E-state index in [1.54, 1.807) is 13.2 Å². The van der Waals surface area contributed by atoms with Crippen LogP contribution >= 0.6 is 0 Å². The zero-order chi connectivity index (χ0) is 13.5. The van der Waals surface area contributed by atoms with Crippen LogP contribution in [0.15, 0.2) is 30.9 Å². The summed E-state index contributed by atoms with van der Waals surface area (Å²) in [6.07, 6.45) is 1.70. The van der Waals surface area contributed by atoms with Gasteiger partial charge in [-0.15, -0.1) is 6.58 Å². The van der Waals surface area contributed by atoms with Crippen LogP contribution in [0, 0.1) is 6.92 Å². The third-order valence-corrected chi connectivity index (χ3v) is 2.66. The Kier molecular flexibility index (Phi) is 5.39. The highest BCUT2D eigenvalue weighted by atomic mass is 16.5. The molecule has 0 heterocycles. The predicted molar refractivity (Wildman–Crippen MR) is 70.7 cm³/mol. The minimum absolute atomic E-state index is 0.318. The van der Waals surface area contributed by atoms with Gasteiger partial charge in [-0.3, -0.25) is 5.32 Å². The van der Waals surface area contributed by atoms with Crippen LogP contribution in [-0.2, 0) is 9.53 Å². The van der Waals surface area contributed by atoms with E-state index in [-0.39, 0.29) is 5.97 Å². The van der Waals surface area contributed by atoms with Gasteiger partial charge in [0.25, 0.3) is 0 Å². The van der Waals surface area contributed by atoms with Crippen molar-refractivity contribution in [1.82, 2.24) is 5.32 Å². The van der Waals surface area contributed by atoms with Crippen LogP contribution in [0.4, 0.5) is 0 Å². The molecule has 0 fully saturated rings. The highest BCUT2D eigenvalue weighted by Gasteiger charge is 2.20. The third kappa shape index (κ3) is 3.34. The van der Waals surface area contributed by atoms with E-state index in [0.29, 0.717) is 6.54 Å². The van der Waals surface area contributed by atoms with E-state index in [0.717, 1.165) is 16.9 Å². The van der Waals surface area contributed by atoms with Crippen LogP contribution in [0.5, 0.6) is 5.75 Å². The monoisotopic (exact) mass is 249 g/mol. The average Bonchev–Trinajstić information content (AvgIpc) is 2.39. The molecule has 1 aromatic carbocycles. The molecule has 0 radical (unpaired) electrons. The van der Waals surface area contributed by atoms with Gasteiger partial charge in [-0.2, -0.15) is 0 Å². The maximum absolute atomic E-state index is 11.7. The zero-order valence-electron chi connectivity index (χ0n) is 11.0. The summed E-state index contributed by atoms with van der Waals surface area (Å²) in [5, 5.41) is 3.07. The van der Waals surface area contributed by atoms with Crippen molar-refractivity contribution >= 4 is 5.97 Å². The normalized spacial score (nSPS) is 11.7. The summed E-state index contributed by atoms with van der Waals surface area (Å²) < 4.78 is 9.99. The van der Waals surface area contributed by atoms with Crippen molar-refractivity contribution in [3.05, 3.63) is 42.0 Å². The summed E-state index contributed by atoms with van der Waals surface area (Å²) in [6, 6.07) is 5.12. The lowest BCUT2D eigenvalue weighted by Gasteiger charge is -2.17. The molecule has 4 heteroatoms. The summed E-state index contributed by atoms with van der Waals surface area (Å²) in [5.74, 6) is 0.479. The van der Waals surface area contributed by atoms with Crippen LogP contribution in [0.1, 0.15) is 17.2 Å². The van der Waals surface area contributed by atoms with Crippen molar-refractivity contribution in [3.63, 3.8) is 0 Å². The lowest BCUT2D eigenvalue weighted by atomic mass is 10.0. The molecule has 0 saturated heterocycles. The van der Waals surface area contributed by atoms with Crippen LogP contribution in [-0.4, -0.2) is 26.7 Å². The first-order valence-electron chi connectivity index (χ1n) is 5.70. The topological polar surface area (TPSA) is 47.6 Å². The Morgan fingerprint density at radius 1 is 1.50 bits per heavy atom. The predicted octanol–water partition coefficient (Wildman–Crippen LogP) is 1.99. The zero-order valence-corrected chi connectivity index (χ0v) is 11.0. The highest BCUT2D eigenvalue weighted by Crippen LogP contribution is 2.23. The first-order chi connectivity index (χ1) is 8.63. The number of esters is 1. The van der Waals surface area contributed by atoms with E-state index >= 15 is 0 Å². The fourth-order valence-electron chi connectivity index (χ4n) is 1.74. The number of aryl methyl sites for hydroxylation is 1. The van der Waals surface area contributed by atoms with Crippen LogP contribution in [0.3, 0.4) is 0 Å². The SMILES string of the molecule is C=CCNC(C(=O)OC)c1ccc(OC)c(C)c1. The smallest absolute Gasteiger partial charge is 0.327 e. The molecule has 18 heavy (non-hydrogen) atoms. The number of hydrogen-bond acceptors (Lipinski definition) is 4. The molecule has 0 amide bonds. The first kappa shape index (κ1) is 14.3. The number of methoxy groups -OCH3 is 2. The van der Waals surface area contributed by atoms with Gasteiger partial charge >= 0.3 is 5.97 Å². The van der Waals surface area contributed by atoms with E-state index in [9.17, 15) is 4.79 Å². The van der Waals surface area contributed by atoms with Gasteiger partial charge in [-0.1, -0.05) is 18.2 Å². The molecule has 1 rings (SSSR count). The van der Waals surface area contributed by atoms with Crippen LogP contribution in [0.2, 0.25) is 0 Å². The molecule has 4 nitrogen and oxygen atoms in total. The molecule has 1 N–H and O–H groups in total. The maximum atomic E-state index is 11.7. The minimum atomic E-state index is -0.488. The second kappa shape index (κ2) is 6.81. The molecule has 98 valence electrons. The molecule has 0 spiro atoms. The molecule has 1 atom stereocenters. The van der Waals surface area contributed by atoms with E-state index in [4.69, 9.17) is 9.47 Å². The van der Waals surface area contributed by atoms with E-state index < -0.39 is 6.04 Å². The van der Waals surface area contributed by atoms with Gasteiger partial charge in [0, 0.05) is 6.54 Å². The van der Waals surface area contributed by atoms with Gasteiger partial charge in [-0.05, 0) is 24.1 Å². The molecule has 0 aliphatic heterocycles. The highest BCUT2D eigenvalue weighted by molar-refractivity contribution is 5.77. The average molecular weight is 249 g/mol. The molecule has 0 aromatic heterocycles. The van der Waals surface area contributed by atoms with E-state index in [2.05, 4.69) is 11.9 Å². The van der Waals surface area contributed by atoms with Gasteiger partial charge in [0.15, 0.2) is 0 Å². The number of rotatable bonds is 6. The third-order valence-electron chi connectivity index (χ3n) is 2.66. The molecule has 0 bridgehead atoms. The van der Waals surface area contributed by atoms with Crippen molar-refractivity contribution in [3.8, 4) is 5.75 Å². The number of carbonyl (C=O) groups excluding carboxylic acids is 1. The molecule has 1 aromatic rings. The molecule has 1 unspecified atom stereocenters. The molecular formula is C14H19NO3. The van der Waals surface area contributed by atoms with Crippen molar-refractivity contribution in [2.24, 2.45) is 0 Å². The summed E-state index contributed by atoms with van der Waals surface area (Å²) in [6.45, 7) is 6.09. The van der Waals surface area contributed by atoms with Crippen LogP contribution in [0.25, 0.3) is 0 Å². The number of benzene rings is 1. The number of nitrogens with one attached hydrogen (secondary N) is 1. The van der Waals surface area contributed by atoms with Gasteiger partial charge < -0.3 is 9.47 Å². The summed E-state index contributed by atoms with van der Waals surface area (Å²) in [5.41, 5.74) is 1.83. The molecule has 0 aliphatic rings. The molecule has 0 aliphatic carbocycles. The van der Waals surface area contributed by atoms with Crippen LogP contribution < -0.4 is 10.1 Å². The fourth-order valence-corrected chi connectivity index (χ4v) is 1.74. The number of hydrogen-bond donors (Lipinski definition) is 1. The van der Waals surface area contributed by atoms with Gasteiger partial charge in [0.1, 0.15) is 11.8 Å². The Balaban J connectivity index is 3.00. The quantitative estimate of drug-likeness (QED) is 0.618. The van der Waals surface area contributed by atoms with Crippen molar-refractivity contribution < 1.29 is 14.3 Å². The van der Waals surface area contributed by atoms with E-state index in [1.165, 1.54) is 7.11 Å². The second-order valence-corrected chi connectivity index (χ2v) is 3.88. The maximum Gasteiger partial charge on any atom is 0.327 e.